The number of aromatic amines is 1. The topological polar surface area (TPSA) is 52.1 Å². The summed E-state index contributed by atoms with van der Waals surface area (Å²) >= 11 is 3.48. The molecule has 1 aliphatic rings. The molecule has 20 heavy (non-hydrogen) atoms. The van der Waals surface area contributed by atoms with Crippen molar-refractivity contribution in [2.75, 3.05) is 6.54 Å². The number of aromatic nitrogens is 2. The first kappa shape index (κ1) is 14.0. The molecule has 2 heterocycles. The fourth-order valence-electron chi connectivity index (χ4n) is 3.07. The number of H-pyrrole nitrogens is 1. The summed E-state index contributed by atoms with van der Waals surface area (Å²) in [5.41, 5.74) is 2.08. The number of likely N-dealkylation sites (tertiary alicyclic amines) is 1. The molecule has 0 aliphatic carbocycles. The van der Waals surface area contributed by atoms with Gasteiger partial charge in [-0.15, -0.1) is 0 Å². The number of aliphatic hydroxyl groups is 1. The Morgan fingerprint density at radius 1 is 1.55 bits per heavy atom. The highest BCUT2D eigenvalue weighted by molar-refractivity contribution is 9.10. The van der Waals surface area contributed by atoms with Gasteiger partial charge in [-0.2, -0.15) is 0 Å². The van der Waals surface area contributed by atoms with Gasteiger partial charge in [0.05, 0.1) is 23.7 Å². The molecule has 2 unspecified atom stereocenters. The van der Waals surface area contributed by atoms with Crippen LogP contribution in [-0.2, 0) is 6.54 Å². The van der Waals surface area contributed by atoms with Crippen molar-refractivity contribution in [1.29, 1.82) is 0 Å². The van der Waals surface area contributed by atoms with Gasteiger partial charge in [0, 0.05) is 10.5 Å². The van der Waals surface area contributed by atoms with E-state index in [2.05, 4.69) is 36.9 Å². The highest BCUT2D eigenvalue weighted by Gasteiger charge is 2.26. The zero-order valence-electron chi connectivity index (χ0n) is 11.6. The van der Waals surface area contributed by atoms with Crippen LogP contribution in [0.4, 0.5) is 0 Å². The summed E-state index contributed by atoms with van der Waals surface area (Å²) in [5, 5.41) is 9.59. The van der Waals surface area contributed by atoms with Crippen LogP contribution in [0.3, 0.4) is 0 Å². The summed E-state index contributed by atoms with van der Waals surface area (Å²) in [5.74, 6) is 1.01. The van der Waals surface area contributed by atoms with E-state index in [4.69, 9.17) is 0 Å². The molecule has 108 valence electrons. The van der Waals surface area contributed by atoms with E-state index in [1.807, 2.05) is 19.1 Å². The highest BCUT2D eigenvalue weighted by atomic mass is 79.9. The van der Waals surface area contributed by atoms with Crippen molar-refractivity contribution in [3.05, 3.63) is 28.5 Å². The molecule has 0 bridgehead atoms. The second kappa shape index (κ2) is 5.84. The van der Waals surface area contributed by atoms with Crippen LogP contribution in [0.25, 0.3) is 11.0 Å². The first-order valence-electron chi connectivity index (χ1n) is 7.18. The van der Waals surface area contributed by atoms with Gasteiger partial charge in [0.25, 0.3) is 0 Å². The van der Waals surface area contributed by atoms with Crippen LogP contribution in [0.15, 0.2) is 22.7 Å². The zero-order valence-corrected chi connectivity index (χ0v) is 13.2. The lowest BCUT2D eigenvalue weighted by molar-refractivity contribution is 0.129. The molecule has 1 fully saturated rings. The Bertz CT molecular complexity index is 596. The molecule has 0 saturated carbocycles. The summed E-state index contributed by atoms with van der Waals surface area (Å²) in [7, 11) is 0. The molecule has 4 nitrogen and oxygen atoms in total. The molecular weight excluding hydrogens is 318 g/mol. The van der Waals surface area contributed by atoms with E-state index in [1.54, 1.807) is 0 Å². The van der Waals surface area contributed by atoms with Gasteiger partial charge in [0.2, 0.25) is 0 Å². The second-order valence-corrected chi connectivity index (χ2v) is 6.61. The first-order valence-corrected chi connectivity index (χ1v) is 7.97. The van der Waals surface area contributed by atoms with E-state index in [1.165, 1.54) is 12.8 Å². The van der Waals surface area contributed by atoms with Gasteiger partial charge in [0.1, 0.15) is 5.82 Å². The number of rotatable bonds is 4. The minimum absolute atomic E-state index is 0.229. The van der Waals surface area contributed by atoms with Crippen LogP contribution >= 0.6 is 15.9 Å². The Kier molecular flexibility index (Phi) is 4.10. The molecule has 2 atom stereocenters. The lowest BCUT2D eigenvalue weighted by atomic mass is 10.1. The van der Waals surface area contributed by atoms with Crippen LogP contribution in [-0.4, -0.2) is 38.7 Å². The van der Waals surface area contributed by atoms with Crippen molar-refractivity contribution in [2.24, 2.45) is 0 Å². The number of imidazole rings is 1. The Balaban J connectivity index is 1.75. The third-order valence-corrected chi connectivity index (χ3v) is 4.45. The van der Waals surface area contributed by atoms with Crippen LogP contribution in [0.5, 0.6) is 0 Å². The number of fused-ring (bicyclic) bond motifs is 1. The van der Waals surface area contributed by atoms with Crippen LogP contribution in [0, 0.1) is 0 Å². The molecule has 2 N–H and O–H groups in total. The van der Waals surface area contributed by atoms with Gasteiger partial charge in [-0.25, -0.2) is 4.98 Å². The van der Waals surface area contributed by atoms with Gasteiger partial charge < -0.3 is 10.1 Å². The Hall–Kier alpha value is -0.910. The second-order valence-electron chi connectivity index (χ2n) is 5.70. The summed E-state index contributed by atoms with van der Waals surface area (Å²) in [6, 6.07) is 6.58. The maximum absolute atomic E-state index is 9.59. The zero-order chi connectivity index (χ0) is 14.1. The fraction of sp³-hybridized carbons (Fsp3) is 0.533. The molecule has 1 aromatic heterocycles. The average molecular weight is 338 g/mol. The molecule has 5 heteroatoms. The van der Waals surface area contributed by atoms with Crippen molar-refractivity contribution in [3.63, 3.8) is 0 Å². The van der Waals surface area contributed by atoms with Crippen molar-refractivity contribution in [2.45, 2.75) is 44.9 Å². The van der Waals surface area contributed by atoms with E-state index >= 15 is 0 Å². The highest BCUT2D eigenvalue weighted by Crippen LogP contribution is 2.24. The number of nitrogens with zero attached hydrogens (tertiary/aromatic N) is 2. The Morgan fingerprint density at radius 2 is 2.40 bits per heavy atom. The molecular formula is C15H20BrN3O. The predicted octanol–water partition coefficient (Wildman–Crippen LogP) is 3.06. The minimum Gasteiger partial charge on any atom is -0.393 e. The van der Waals surface area contributed by atoms with Crippen LogP contribution < -0.4 is 0 Å². The molecule has 2 aromatic rings. The van der Waals surface area contributed by atoms with Gasteiger partial charge in [-0.1, -0.05) is 15.9 Å². The van der Waals surface area contributed by atoms with Crippen LogP contribution in [0.2, 0.25) is 0 Å². The fourth-order valence-corrected chi connectivity index (χ4v) is 3.43. The van der Waals surface area contributed by atoms with E-state index in [9.17, 15) is 5.11 Å². The average Bonchev–Trinajstić information content (AvgIpc) is 2.95. The normalized spacial score (nSPS) is 21.6. The SMILES string of the molecule is CC(O)CC1CCCN1Cc1nc2ccc(Br)cc2[nH]1. The lowest BCUT2D eigenvalue weighted by Gasteiger charge is -2.24. The third-order valence-electron chi connectivity index (χ3n) is 3.96. The number of hydrogen-bond donors (Lipinski definition) is 2. The van der Waals surface area contributed by atoms with Crippen molar-refractivity contribution in [3.8, 4) is 0 Å². The van der Waals surface area contributed by atoms with Crippen LogP contribution in [0.1, 0.15) is 32.0 Å². The summed E-state index contributed by atoms with van der Waals surface area (Å²) in [6.45, 7) is 3.80. The largest absolute Gasteiger partial charge is 0.393 e. The minimum atomic E-state index is -0.229. The van der Waals surface area contributed by atoms with E-state index in [0.29, 0.717) is 6.04 Å². The first-order chi connectivity index (χ1) is 9.61. The maximum atomic E-state index is 9.59. The number of nitrogens with one attached hydrogen (secondary N) is 1. The standard InChI is InChI=1S/C15H20BrN3O/c1-10(20)7-12-3-2-6-19(12)9-15-17-13-5-4-11(16)8-14(13)18-15/h4-5,8,10,12,20H,2-3,6-7,9H2,1H3,(H,17,18). The quantitative estimate of drug-likeness (QED) is 0.901. The van der Waals surface area contributed by atoms with E-state index in [0.717, 1.165) is 40.8 Å². The third kappa shape index (κ3) is 3.05. The molecule has 1 aromatic carbocycles. The number of benzene rings is 1. The number of halogens is 1. The number of aliphatic hydroxyl groups excluding tert-OH is 1. The molecule has 0 radical (unpaired) electrons. The molecule has 1 saturated heterocycles. The van der Waals surface area contributed by atoms with Gasteiger partial charge in [-0.05, 0) is 50.9 Å². The molecule has 1 aliphatic heterocycles. The predicted molar refractivity (Wildman–Crippen MR) is 83.5 cm³/mol. The smallest absolute Gasteiger partial charge is 0.121 e. The van der Waals surface area contributed by atoms with Crippen molar-refractivity contribution < 1.29 is 5.11 Å². The summed E-state index contributed by atoms with van der Waals surface area (Å²) in [6.07, 6.45) is 3.01. The summed E-state index contributed by atoms with van der Waals surface area (Å²) in [4.78, 5) is 10.5. The molecule has 0 spiro atoms. The summed E-state index contributed by atoms with van der Waals surface area (Å²) < 4.78 is 1.06. The van der Waals surface area contributed by atoms with Gasteiger partial charge in [0.15, 0.2) is 0 Å². The van der Waals surface area contributed by atoms with Crippen molar-refractivity contribution >= 4 is 27.0 Å². The Labute approximate surface area is 127 Å². The monoisotopic (exact) mass is 337 g/mol. The van der Waals surface area contributed by atoms with Gasteiger partial charge in [-0.3, -0.25) is 4.90 Å². The van der Waals surface area contributed by atoms with E-state index in [-0.39, 0.29) is 6.10 Å². The number of hydrogen-bond acceptors (Lipinski definition) is 3. The van der Waals surface area contributed by atoms with Crippen molar-refractivity contribution in [1.82, 2.24) is 14.9 Å². The van der Waals surface area contributed by atoms with E-state index < -0.39 is 0 Å². The maximum Gasteiger partial charge on any atom is 0.121 e. The molecule has 3 rings (SSSR count). The Morgan fingerprint density at radius 3 is 3.20 bits per heavy atom. The van der Waals surface area contributed by atoms with Gasteiger partial charge >= 0.3 is 0 Å². The lowest BCUT2D eigenvalue weighted by Crippen LogP contribution is -2.31. The molecule has 0 amide bonds.